The van der Waals surface area contributed by atoms with Crippen LogP contribution in [-0.2, 0) is 4.74 Å². The van der Waals surface area contributed by atoms with Crippen molar-refractivity contribution >= 4 is 23.5 Å². The summed E-state index contributed by atoms with van der Waals surface area (Å²) in [6.45, 7) is 8.08. The van der Waals surface area contributed by atoms with E-state index in [0.29, 0.717) is 17.1 Å². The third-order valence-electron chi connectivity index (χ3n) is 2.57. The fraction of sp³-hybridized carbons (Fsp3) is 1.00. The zero-order valence-corrected chi connectivity index (χ0v) is 10.9. The summed E-state index contributed by atoms with van der Waals surface area (Å²) in [4.78, 5) is 0. The van der Waals surface area contributed by atoms with Crippen LogP contribution in [-0.4, -0.2) is 40.8 Å². The number of thioether (sulfide) groups is 2. The van der Waals surface area contributed by atoms with Crippen molar-refractivity contribution in [2.24, 2.45) is 5.73 Å². The van der Waals surface area contributed by atoms with Crippen LogP contribution >= 0.6 is 23.5 Å². The van der Waals surface area contributed by atoms with Crippen molar-refractivity contribution in [2.75, 3.05) is 19.0 Å². The van der Waals surface area contributed by atoms with E-state index in [1.165, 1.54) is 5.75 Å². The van der Waals surface area contributed by atoms with Gasteiger partial charge in [-0.05, 0) is 6.92 Å². The molecule has 0 amide bonds. The Kier molecular flexibility index (Phi) is 5.67. The maximum absolute atomic E-state index is 6.08. The van der Waals surface area contributed by atoms with Crippen molar-refractivity contribution in [3.05, 3.63) is 0 Å². The number of hydrogen-bond acceptors (Lipinski definition) is 4. The predicted molar refractivity (Wildman–Crippen MR) is 67.2 cm³/mol. The van der Waals surface area contributed by atoms with Crippen LogP contribution in [0.4, 0.5) is 0 Å². The van der Waals surface area contributed by atoms with Crippen molar-refractivity contribution in [1.29, 1.82) is 0 Å². The highest BCUT2D eigenvalue weighted by Crippen LogP contribution is 2.36. The standard InChI is InChI=1S/C10H21NOS2/c1-4-12-5-9(11)10-6-13-7(2)8(3)14-10/h7-10H,4-6,11H2,1-3H3. The maximum Gasteiger partial charge on any atom is 0.0628 e. The predicted octanol–water partition coefficient (Wildman–Crippen LogP) is 1.98. The Morgan fingerprint density at radius 1 is 1.43 bits per heavy atom. The van der Waals surface area contributed by atoms with Gasteiger partial charge in [-0.15, -0.1) is 0 Å². The van der Waals surface area contributed by atoms with Crippen molar-refractivity contribution in [1.82, 2.24) is 0 Å². The molecule has 0 bridgehead atoms. The monoisotopic (exact) mass is 235 g/mol. The van der Waals surface area contributed by atoms with E-state index in [2.05, 4.69) is 13.8 Å². The van der Waals surface area contributed by atoms with E-state index >= 15 is 0 Å². The Bertz CT molecular complexity index is 168. The minimum absolute atomic E-state index is 0.197. The summed E-state index contributed by atoms with van der Waals surface area (Å²) < 4.78 is 5.36. The summed E-state index contributed by atoms with van der Waals surface area (Å²) in [5.41, 5.74) is 6.08. The third kappa shape index (κ3) is 3.65. The van der Waals surface area contributed by atoms with E-state index in [0.717, 1.165) is 11.9 Å². The summed E-state index contributed by atoms with van der Waals surface area (Å²) >= 11 is 4.07. The normalized spacial score (nSPS) is 35.6. The molecule has 14 heavy (non-hydrogen) atoms. The molecule has 1 rings (SSSR count). The van der Waals surface area contributed by atoms with Crippen molar-refractivity contribution in [3.63, 3.8) is 0 Å². The summed E-state index contributed by atoms with van der Waals surface area (Å²) in [6.07, 6.45) is 0. The molecule has 0 aromatic heterocycles. The molecule has 1 aliphatic rings. The minimum Gasteiger partial charge on any atom is -0.380 e. The van der Waals surface area contributed by atoms with Gasteiger partial charge in [-0.3, -0.25) is 0 Å². The Labute approximate surface area is 95.7 Å². The van der Waals surface area contributed by atoms with Gasteiger partial charge in [0.15, 0.2) is 0 Å². The van der Waals surface area contributed by atoms with Gasteiger partial charge in [0.05, 0.1) is 6.61 Å². The van der Waals surface area contributed by atoms with Crippen LogP contribution < -0.4 is 5.73 Å². The van der Waals surface area contributed by atoms with Crippen LogP contribution in [0.2, 0.25) is 0 Å². The first-order valence-corrected chi connectivity index (χ1v) is 7.24. The number of rotatable bonds is 4. The highest BCUT2D eigenvalue weighted by atomic mass is 32.2. The number of hydrogen-bond donors (Lipinski definition) is 1. The quantitative estimate of drug-likeness (QED) is 0.808. The molecular weight excluding hydrogens is 214 g/mol. The fourth-order valence-corrected chi connectivity index (χ4v) is 4.44. The minimum atomic E-state index is 0.197. The molecule has 2 N–H and O–H groups in total. The van der Waals surface area contributed by atoms with E-state index in [4.69, 9.17) is 10.5 Å². The lowest BCUT2D eigenvalue weighted by Gasteiger charge is -2.34. The molecular formula is C10H21NOS2. The van der Waals surface area contributed by atoms with E-state index in [-0.39, 0.29) is 6.04 Å². The van der Waals surface area contributed by atoms with Gasteiger partial charge in [-0.25, -0.2) is 0 Å². The van der Waals surface area contributed by atoms with Crippen LogP contribution in [0.5, 0.6) is 0 Å². The van der Waals surface area contributed by atoms with Crippen LogP contribution in [0.3, 0.4) is 0 Å². The molecule has 1 fully saturated rings. The Morgan fingerprint density at radius 3 is 2.71 bits per heavy atom. The van der Waals surface area contributed by atoms with E-state index in [9.17, 15) is 0 Å². The third-order valence-corrected chi connectivity index (χ3v) is 6.14. The lowest BCUT2D eigenvalue weighted by molar-refractivity contribution is 0.133. The topological polar surface area (TPSA) is 35.2 Å². The molecule has 1 heterocycles. The summed E-state index contributed by atoms with van der Waals surface area (Å²) in [5.74, 6) is 1.17. The van der Waals surface area contributed by atoms with Crippen molar-refractivity contribution in [2.45, 2.75) is 42.6 Å². The van der Waals surface area contributed by atoms with Gasteiger partial charge < -0.3 is 10.5 Å². The molecule has 0 radical (unpaired) electrons. The van der Waals surface area contributed by atoms with Crippen molar-refractivity contribution < 1.29 is 4.74 Å². The Hall–Kier alpha value is 0.620. The molecule has 4 atom stereocenters. The molecule has 4 heteroatoms. The van der Waals surface area contributed by atoms with Crippen LogP contribution in [0.25, 0.3) is 0 Å². The van der Waals surface area contributed by atoms with Gasteiger partial charge in [-0.2, -0.15) is 23.5 Å². The second-order valence-electron chi connectivity index (χ2n) is 3.74. The van der Waals surface area contributed by atoms with Gasteiger partial charge in [0.25, 0.3) is 0 Å². The number of nitrogens with two attached hydrogens (primary N) is 1. The largest absolute Gasteiger partial charge is 0.380 e. The van der Waals surface area contributed by atoms with Gasteiger partial charge in [0, 0.05) is 34.2 Å². The van der Waals surface area contributed by atoms with E-state index in [1.54, 1.807) is 0 Å². The summed E-state index contributed by atoms with van der Waals surface area (Å²) in [5, 5.41) is 2.04. The zero-order chi connectivity index (χ0) is 10.6. The first kappa shape index (κ1) is 12.7. The maximum atomic E-state index is 6.08. The average Bonchev–Trinajstić information content (AvgIpc) is 2.18. The second kappa shape index (κ2) is 6.26. The molecule has 0 spiro atoms. The van der Waals surface area contributed by atoms with E-state index < -0.39 is 0 Å². The lowest BCUT2D eigenvalue weighted by atomic mass is 10.2. The Morgan fingerprint density at radius 2 is 2.14 bits per heavy atom. The first-order chi connectivity index (χ1) is 6.65. The van der Waals surface area contributed by atoms with Crippen LogP contribution in [0.15, 0.2) is 0 Å². The fourth-order valence-electron chi connectivity index (χ4n) is 1.39. The molecule has 0 aliphatic carbocycles. The van der Waals surface area contributed by atoms with Gasteiger partial charge >= 0.3 is 0 Å². The average molecular weight is 235 g/mol. The van der Waals surface area contributed by atoms with Gasteiger partial charge in [0.1, 0.15) is 0 Å². The molecule has 84 valence electrons. The van der Waals surface area contributed by atoms with Crippen LogP contribution in [0, 0.1) is 0 Å². The second-order valence-corrected chi connectivity index (χ2v) is 6.77. The van der Waals surface area contributed by atoms with E-state index in [1.807, 2.05) is 30.4 Å². The SMILES string of the molecule is CCOCC(N)C1CSC(C)C(C)S1. The highest BCUT2D eigenvalue weighted by Gasteiger charge is 2.29. The smallest absolute Gasteiger partial charge is 0.0628 e. The molecule has 0 aromatic carbocycles. The van der Waals surface area contributed by atoms with Crippen LogP contribution in [0.1, 0.15) is 20.8 Å². The van der Waals surface area contributed by atoms with Gasteiger partial charge in [-0.1, -0.05) is 13.8 Å². The zero-order valence-electron chi connectivity index (χ0n) is 9.23. The summed E-state index contributed by atoms with van der Waals surface area (Å²) in [7, 11) is 0. The Balaban J connectivity index is 2.30. The highest BCUT2D eigenvalue weighted by molar-refractivity contribution is 8.07. The first-order valence-electron chi connectivity index (χ1n) is 5.25. The van der Waals surface area contributed by atoms with Crippen molar-refractivity contribution in [3.8, 4) is 0 Å². The molecule has 4 unspecified atom stereocenters. The number of ether oxygens (including phenoxy) is 1. The summed E-state index contributed by atoms with van der Waals surface area (Å²) in [6, 6.07) is 0.197. The molecule has 1 aliphatic heterocycles. The van der Waals surface area contributed by atoms with Gasteiger partial charge in [0.2, 0.25) is 0 Å². The lowest BCUT2D eigenvalue weighted by Crippen LogP contribution is -2.42. The molecule has 1 saturated heterocycles. The molecule has 0 saturated carbocycles. The molecule has 2 nitrogen and oxygen atoms in total. The molecule has 0 aromatic rings.